The maximum absolute atomic E-state index is 2.28. The van der Waals surface area contributed by atoms with Gasteiger partial charge >= 0.3 is 0 Å². The van der Waals surface area contributed by atoms with Gasteiger partial charge in [0.15, 0.2) is 0 Å². The fourth-order valence-electron chi connectivity index (χ4n) is 1.27. The Hall–Kier alpha value is -0.563. The fourth-order valence-corrected chi connectivity index (χ4v) is 1.68. The molecule has 0 N–H and O–H groups in total. The van der Waals surface area contributed by atoms with E-state index in [9.17, 15) is 0 Å². The van der Waals surface area contributed by atoms with E-state index in [2.05, 4.69) is 32.0 Å². The van der Waals surface area contributed by atoms with E-state index in [1.807, 2.05) is 0 Å². The zero-order valence-electron chi connectivity index (χ0n) is 6.94. The van der Waals surface area contributed by atoms with Crippen molar-refractivity contribution in [1.29, 1.82) is 0 Å². The number of hydrogen-bond donors (Lipinski definition) is 0. The van der Waals surface area contributed by atoms with Crippen LogP contribution in [0.4, 0.5) is 0 Å². The molecule has 0 saturated heterocycles. The first-order valence-corrected chi connectivity index (χ1v) is 5.21. The van der Waals surface area contributed by atoms with Crippen LogP contribution in [0.3, 0.4) is 0 Å². The monoisotopic (exact) mass is 150 g/mol. The first kappa shape index (κ1) is 7.54. The summed E-state index contributed by atoms with van der Waals surface area (Å²) in [6.45, 7) is 4.32. The van der Waals surface area contributed by atoms with Crippen LogP contribution in [0.15, 0.2) is 18.2 Å². The van der Waals surface area contributed by atoms with Crippen LogP contribution in [0.1, 0.15) is 16.7 Å². The topological polar surface area (TPSA) is 0 Å². The predicted molar refractivity (Wildman–Crippen MR) is 49.6 cm³/mol. The van der Waals surface area contributed by atoms with Gasteiger partial charge in [0.05, 0.1) is 0 Å². The minimum absolute atomic E-state index is 1.27. The Balaban J connectivity index is 3.06. The van der Waals surface area contributed by atoms with Crippen molar-refractivity contribution in [2.45, 2.75) is 19.9 Å². The Labute approximate surface area is 65.7 Å². The SMILES string of the molecule is Cc1cc(C)cc(C[SiH3])c1. The number of hydrogen-bond acceptors (Lipinski definition) is 0. The number of benzene rings is 1. The molecule has 0 heterocycles. The van der Waals surface area contributed by atoms with E-state index in [-0.39, 0.29) is 0 Å². The lowest BCUT2D eigenvalue weighted by atomic mass is 10.1. The summed E-state index contributed by atoms with van der Waals surface area (Å²) in [6, 6.07) is 8.06. The molecule has 1 rings (SSSR count). The molecule has 0 saturated carbocycles. The summed E-state index contributed by atoms with van der Waals surface area (Å²) in [7, 11) is 1.27. The van der Waals surface area contributed by atoms with E-state index in [0.717, 1.165) is 0 Å². The molecule has 54 valence electrons. The molecule has 0 fully saturated rings. The van der Waals surface area contributed by atoms with Crippen LogP contribution in [0.5, 0.6) is 0 Å². The summed E-state index contributed by atoms with van der Waals surface area (Å²) in [5, 5.41) is 0. The molecule has 1 aromatic rings. The molecule has 0 nitrogen and oxygen atoms in total. The Morgan fingerprint density at radius 2 is 1.60 bits per heavy atom. The van der Waals surface area contributed by atoms with Gasteiger partial charge in [-0.25, -0.2) is 0 Å². The summed E-state index contributed by atoms with van der Waals surface area (Å²) < 4.78 is 0. The van der Waals surface area contributed by atoms with Gasteiger partial charge in [0, 0.05) is 10.2 Å². The molecule has 0 aliphatic heterocycles. The lowest BCUT2D eigenvalue weighted by molar-refractivity contribution is 1.29. The van der Waals surface area contributed by atoms with E-state index < -0.39 is 0 Å². The summed E-state index contributed by atoms with van der Waals surface area (Å²) in [5.74, 6) is 0. The van der Waals surface area contributed by atoms with Crippen LogP contribution < -0.4 is 0 Å². The van der Waals surface area contributed by atoms with E-state index in [1.54, 1.807) is 0 Å². The highest BCUT2D eigenvalue weighted by atomic mass is 28.1. The van der Waals surface area contributed by atoms with Gasteiger partial charge in [-0.3, -0.25) is 0 Å². The zero-order chi connectivity index (χ0) is 7.56. The second-order valence-electron chi connectivity index (χ2n) is 2.85. The molecule has 0 bridgehead atoms. The highest BCUT2D eigenvalue weighted by molar-refractivity contribution is 6.08. The van der Waals surface area contributed by atoms with E-state index in [0.29, 0.717) is 0 Å². The zero-order valence-corrected chi connectivity index (χ0v) is 8.94. The second-order valence-corrected chi connectivity index (χ2v) is 3.56. The molecule has 0 amide bonds. The van der Waals surface area contributed by atoms with Crippen LogP contribution in [0, 0.1) is 13.8 Å². The van der Waals surface area contributed by atoms with Crippen LogP contribution >= 0.6 is 0 Å². The fraction of sp³-hybridized carbons (Fsp3) is 0.333. The van der Waals surface area contributed by atoms with Crippen molar-refractivity contribution >= 4 is 10.2 Å². The number of rotatable bonds is 1. The van der Waals surface area contributed by atoms with Crippen molar-refractivity contribution < 1.29 is 0 Å². The average Bonchev–Trinajstić information content (AvgIpc) is 1.85. The van der Waals surface area contributed by atoms with Crippen molar-refractivity contribution in [2.24, 2.45) is 0 Å². The lowest BCUT2D eigenvalue weighted by Crippen LogP contribution is -1.86. The van der Waals surface area contributed by atoms with Crippen LogP contribution in [-0.4, -0.2) is 10.2 Å². The van der Waals surface area contributed by atoms with E-state index >= 15 is 0 Å². The van der Waals surface area contributed by atoms with Gasteiger partial charge in [-0.1, -0.05) is 34.9 Å². The van der Waals surface area contributed by atoms with Crippen molar-refractivity contribution in [1.82, 2.24) is 0 Å². The molecular formula is C9H14Si. The largest absolute Gasteiger partial charge is 0.0564 e. The predicted octanol–water partition coefficient (Wildman–Crippen LogP) is 1.17. The smallest absolute Gasteiger partial charge is 0.00833 e. The summed E-state index contributed by atoms with van der Waals surface area (Å²) >= 11 is 0. The van der Waals surface area contributed by atoms with E-state index in [4.69, 9.17) is 0 Å². The molecule has 0 aliphatic carbocycles. The third-order valence-corrected chi connectivity index (χ3v) is 2.51. The lowest BCUT2D eigenvalue weighted by Gasteiger charge is -2.00. The molecule has 10 heavy (non-hydrogen) atoms. The molecule has 0 unspecified atom stereocenters. The van der Waals surface area contributed by atoms with Crippen molar-refractivity contribution in [3.8, 4) is 0 Å². The first-order chi connectivity index (χ1) is 4.72. The molecule has 1 heteroatoms. The van der Waals surface area contributed by atoms with Gasteiger partial charge < -0.3 is 0 Å². The Bertz CT molecular complexity index is 208. The van der Waals surface area contributed by atoms with Gasteiger partial charge in [-0.2, -0.15) is 0 Å². The third-order valence-electron chi connectivity index (χ3n) is 1.69. The minimum atomic E-state index is 1.27. The highest BCUT2D eigenvalue weighted by Gasteiger charge is 1.91. The Morgan fingerprint density at radius 3 is 2.00 bits per heavy atom. The summed E-state index contributed by atoms with van der Waals surface area (Å²) in [4.78, 5) is 0. The molecule has 0 radical (unpaired) electrons. The maximum atomic E-state index is 2.28. The Morgan fingerprint density at radius 1 is 1.10 bits per heavy atom. The van der Waals surface area contributed by atoms with E-state index in [1.165, 1.54) is 33.0 Å². The van der Waals surface area contributed by atoms with Gasteiger partial charge in [0.2, 0.25) is 0 Å². The molecule has 1 aromatic carbocycles. The van der Waals surface area contributed by atoms with Crippen molar-refractivity contribution in [3.05, 3.63) is 34.9 Å². The maximum Gasteiger partial charge on any atom is 0.00833 e. The molecule has 0 atom stereocenters. The number of aryl methyl sites for hydroxylation is 2. The average molecular weight is 150 g/mol. The van der Waals surface area contributed by atoms with Crippen molar-refractivity contribution in [2.75, 3.05) is 0 Å². The second kappa shape index (κ2) is 3.02. The third kappa shape index (κ3) is 1.71. The van der Waals surface area contributed by atoms with Crippen LogP contribution in [0.2, 0.25) is 0 Å². The van der Waals surface area contributed by atoms with Crippen LogP contribution in [0.25, 0.3) is 0 Å². The van der Waals surface area contributed by atoms with Gasteiger partial charge in [-0.15, -0.1) is 0 Å². The highest BCUT2D eigenvalue weighted by Crippen LogP contribution is 2.07. The molecular weight excluding hydrogens is 136 g/mol. The van der Waals surface area contributed by atoms with Crippen molar-refractivity contribution in [3.63, 3.8) is 0 Å². The molecule has 0 aromatic heterocycles. The van der Waals surface area contributed by atoms with Crippen LogP contribution in [-0.2, 0) is 6.04 Å². The summed E-state index contributed by atoms with van der Waals surface area (Å²) in [6.07, 6.45) is 0. The van der Waals surface area contributed by atoms with Gasteiger partial charge in [-0.05, 0) is 19.9 Å². The Kier molecular flexibility index (Phi) is 2.28. The quantitative estimate of drug-likeness (QED) is 0.527. The standard InChI is InChI=1S/C9H14Si/c1-7-3-8(2)5-9(4-7)6-10/h3-5H,6H2,1-2,10H3. The molecule has 0 spiro atoms. The minimum Gasteiger partial charge on any atom is -0.0564 e. The normalized spacial score (nSPS) is 10.2. The summed E-state index contributed by atoms with van der Waals surface area (Å²) in [5.41, 5.74) is 4.29. The first-order valence-electron chi connectivity index (χ1n) is 3.79. The molecule has 0 aliphatic rings. The van der Waals surface area contributed by atoms with Gasteiger partial charge in [0.1, 0.15) is 0 Å². The van der Waals surface area contributed by atoms with Gasteiger partial charge in [0.25, 0.3) is 0 Å².